The lowest BCUT2D eigenvalue weighted by Gasteiger charge is -2.08. The largest absolute Gasteiger partial charge is 0.462 e. The standard InChI is InChI=1S/C26H22N2O4/c1-3-32-26(31)19-11-13-20(14-12-19)27-25(30)24(29)23-22(18-9-7-17(2)8-10-18)16-21-6-4-5-15-28(21)23/h4-16H,3H2,1-2H3,(H,27,30). The number of carbonyl (C=O) groups is 3. The van der Waals surface area contributed by atoms with Gasteiger partial charge in [-0.3, -0.25) is 9.59 Å². The first-order chi connectivity index (χ1) is 15.5. The van der Waals surface area contributed by atoms with Crippen LogP contribution in [0.15, 0.2) is 79.0 Å². The predicted molar refractivity (Wildman–Crippen MR) is 123 cm³/mol. The monoisotopic (exact) mass is 426 g/mol. The number of Topliss-reactive ketones (excluding diaryl/α,β-unsaturated/α-hetero) is 1. The van der Waals surface area contributed by atoms with Crippen molar-refractivity contribution in [3.63, 3.8) is 0 Å². The number of aryl methyl sites for hydroxylation is 1. The molecule has 0 atom stereocenters. The van der Waals surface area contributed by atoms with Gasteiger partial charge in [0.15, 0.2) is 0 Å². The van der Waals surface area contributed by atoms with Crippen molar-refractivity contribution in [3.05, 3.63) is 95.8 Å². The molecule has 160 valence electrons. The van der Waals surface area contributed by atoms with Gasteiger partial charge < -0.3 is 14.5 Å². The Morgan fingerprint density at radius 2 is 1.66 bits per heavy atom. The van der Waals surface area contributed by atoms with Crippen molar-refractivity contribution < 1.29 is 19.1 Å². The van der Waals surface area contributed by atoms with Gasteiger partial charge in [-0.25, -0.2) is 4.79 Å². The first kappa shape index (κ1) is 21.1. The zero-order valence-electron chi connectivity index (χ0n) is 17.8. The number of esters is 1. The minimum absolute atomic E-state index is 0.278. The smallest absolute Gasteiger partial charge is 0.338 e. The number of fused-ring (bicyclic) bond motifs is 1. The normalized spacial score (nSPS) is 10.7. The molecule has 0 saturated heterocycles. The molecule has 0 radical (unpaired) electrons. The number of hydrogen-bond donors (Lipinski definition) is 1. The maximum absolute atomic E-state index is 13.2. The summed E-state index contributed by atoms with van der Waals surface area (Å²) < 4.78 is 6.68. The van der Waals surface area contributed by atoms with E-state index in [9.17, 15) is 14.4 Å². The number of anilines is 1. The molecule has 1 amide bonds. The highest BCUT2D eigenvalue weighted by Gasteiger charge is 2.25. The molecule has 0 bridgehead atoms. The number of carbonyl (C=O) groups excluding carboxylic acids is 3. The van der Waals surface area contributed by atoms with E-state index in [1.54, 1.807) is 41.8 Å². The average molecular weight is 426 g/mol. The van der Waals surface area contributed by atoms with Crippen LogP contribution in [0.4, 0.5) is 5.69 Å². The number of rotatable bonds is 6. The average Bonchev–Trinajstić information content (AvgIpc) is 3.19. The van der Waals surface area contributed by atoms with Crippen molar-refractivity contribution in [2.45, 2.75) is 13.8 Å². The van der Waals surface area contributed by atoms with E-state index in [0.717, 1.165) is 16.6 Å². The molecular weight excluding hydrogens is 404 g/mol. The van der Waals surface area contributed by atoms with E-state index < -0.39 is 17.7 Å². The number of amides is 1. The van der Waals surface area contributed by atoms with E-state index in [1.807, 2.05) is 55.5 Å². The third kappa shape index (κ3) is 4.16. The lowest BCUT2D eigenvalue weighted by Crippen LogP contribution is -2.24. The summed E-state index contributed by atoms with van der Waals surface area (Å²) in [6.45, 7) is 4.00. The molecule has 0 aliphatic rings. The molecule has 0 saturated carbocycles. The second kappa shape index (κ2) is 8.89. The fraction of sp³-hybridized carbons (Fsp3) is 0.115. The third-order valence-corrected chi connectivity index (χ3v) is 5.12. The molecule has 6 nitrogen and oxygen atoms in total. The Hall–Kier alpha value is -4.19. The van der Waals surface area contributed by atoms with E-state index in [2.05, 4.69) is 5.32 Å². The molecule has 4 rings (SSSR count). The van der Waals surface area contributed by atoms with Crippen LogP contribution in [-0.4, -0.2) is 28.7 Å². The number of ketones is 1. The van der Waals surface area contributed by atoms with Crippen LogP contribution in [0.25, 0.3) is 16.6 Å². The summed E-state index contributed by atoms with van der Waals surface area (Å²) in [4.78, 5) is 37.9. The zero-order valence-corrected chi connectivity index (χ0v) is 17.8. The molecule has 4 aromatic rings. The second-order valence-electron chi connectivity index (χ2n) is 7.35. The minimum Gasteiger partial charge on any atom is -0.462 e. The van der Waals surface area contributed by atoms with E-state index >= 15 is 0 Å². The number of hydrogen-bond acceptors (Lipinski definition) is 4. The van der Waals surface area contributed by atoms with E-state index in [4.69, 9.17) is 4.74 Å². The predicted octanol–water partition coefficient (Wildman–Crippen LogP) is 4.91. The Morgan fingerprint density at radius 3 is 2.34 bits per heavy atom. The number of pyridine rings is 1. The van der Waals surface area contributed by atoms with Crippen molar-refractivity contribution in [1.29, 1.82) is 0 Å². The van der Waals surface area contributed by atoms with Crippen molar-refractivity contribution in [2.75, 3.05) is 11.9 Å². The third-order valence-electron chi connectivity index (χ3n) is 5.12. The first-order valence-corrected chi connectivity index (χ1v) is 10.3. The fourth-order valence-corrected chi connectivity index (χ4v) is 3.51. The molecule has 1 N–H and O–H groups in total. The zero-order chi connectivity index (χ0) is 22.7. The van der Waals surface area contributed by atoms with Crippen LogP contribution in [-0.2, 0) is 9.53 Å². The summed E-state index contributed by atoms with van der Waals surface area (Å²) in [6.07, 6.45) is 1.77. The molecule has 0 aliphatic carbocycles. The number of aromatic nitrogens is 1. The number of benzene rings is 2. The highest BCUT2D eigenvalue weighted by atomic mass is 16.5. The molecule has 0 spiro atoms. The van der Waals surface area contributed by atoms with Gasteiger partial charge in [0.1, 0.15) is 5.69 Å². The Morgan fingerprint density at radius 1 is 0.938 bits per heavy atom. The lowest BCUT2D eigenvalue weighted by molar-refractivity contribution is -0.112. The van der Waals surface area contributed by atoms with E-state index in [0.29, 0.717) is 22.5 Å². The molecular formula is C26H22N2O4. The highest BCUT2D eigenvalue weighted by molar-refractivity contribution is 6.47. The summed E-state index contributed by atoms with van der Waals surface area (Å²) in [5, 5.41) is 2.63. The summed E-state index contributed by atoms with van der Waals surface area (Å²) in [5.74, 6) is -1.85. The van der Waals surface area contributed by atoms with Gasteiger partial charge in [-0.2, -0.15) is 0 Å². The Labute approximate surface area is 185 Å². The number of nitrogens with one attached hydrogen (secondary N) is 1. The number of nitrogens with zero attached hydrogens (tertiary/aromatic N) is 1. The quantitative estimate of drug-likeness (QED) is 0.270. The molecule has 2 aromatic heterocycles. The van der Waals surface area contributed by atoms with Gasteiger partial charge in [0, 0.05) is 23.0 Å². The molecule has 0 unspecified atom stereocenters. The molecule has 0 fully saturated rings. The SMILES string of the molecule is CCOC(=O)c1ccc(NC(=O)C(=O)c2c(-c3ccc(C)cc3)cc3ccccn23)cc1. The summed E-state index contributed by atoms with van der Waals surface area (Å²) >= 11 is 0. The van der Waals surface area contributed by atoms with Gasteiger partial charge in [-0.15, -0.1) is 0 Å². The van der Waals surface area contributed by atoms with Crippen LogP contribution < -0.4 is 5.32 Å². The van der Waals surface area contributed by atoms with Crippen LogP contribution >= 0.6 is 0 Å². The summed E-state index contributed by atoms with van der Waals surface area (Å²) in [7, 11) is 0. The fourth-order valence-electron chi connectivity index (χ4n) is 3.51. The summed E-state index contributed by atoms with van der Waals surface area (Å²) in [5.41, 5.74) is 4.55. The van der Waals surface area contributed by atoms with E-state index in [1.165, 1.54) is 0 Å². The van der Waals surface area contributed by atoms with Gasteiger partial charge in [-0.05, 0) is 61.9 Å². The van der Waals surface area contributed by atoms with Crippen LogP contribution in [0.1, 0.15) is 33.3 Å². The molecule has 2 heterocycles. The maximum Gasteiger partial charge on any atom is 0.338 e. The van der Waals surface area contributed by atoms with Gasteiger partial charge in [-0.1, -0.05) is 35.9 Å². The topological polar surface area (TPSA) is 76.9 Å². The van der Waals surface area contributed by atoms with E-state index in [-0.39, 0.29) is 6.61 Å². The summed E-state index contributed by atoms with van der Waals surface area (Å²) in [6, 6.07) is 21.5. The maximum atomic E-state index is 13.2. The van der Waals surface area contributed by atoms with Crippen molar-refractivity contribution in [3.8, 4) is 11.1 Å². The second-order valence-corrected chi connectivity index (χ2v) is 7.35. The Bertz CT molecular complexity index is 1300. The van der Waals surface area contributed by atoms with Gasteiger partial charge in [0.25, 0.3) is 11.7 Å². The van der Waals surface area contributed by atoms with Crippen LogP contribution in [0, 0.1) is 6.92 Å². The van der Waals surface area contributed by atoms with Gasteiger partial charge >= 0.3 is 5.97 Å². The first-order valence-electron chi connectivity index (χ1n) is 10.3. The Balaban J connectivity index is 1.64. The van der Waals surface area contributed by atoms with Crippen molar-refractivity contribution in [1.82, 2.24) is 4.40 Å². The van der Waals surface area contributed by atoms with Crippen molar-refractivity contribution >= 4 is 28.9 Å². The molecule has 32 heavy (non-hydrogen) atoms. The van der Waals surface area contributed by atoms with Crippen LogP contribution in [0.2, 0.25) is 0 Å². The lowest BCUT2D eigenvalue weighted by atomic mass is 10.0. The molecule has 2 aromatic carbocycles. The molecule has 0 aliphatic heterocycles. The van der Waals surface area contributed by atoms with Crippen LogP contribution in [0.3, 0.4) is 0 Å². The Kier molecular flexibility index (Phi) is 5.85. The minimum atomic E-state index is -0.758. The highest BCUT2D eigenvalue weighted by Crippen LogP contribution is 2.29. The van der Waals surface area contributed by atoms with Crippen molar-refractivity contribution in [2.24, 2.45) is 0 Å². The molecule has 6 heteroatoms. The van der Waals surface area contributed by atoms with Crippen LogP contribution in [0.5, 0.6) is 0 Å². The van der Waals surface area contributed by atoms with Gasteiger partial charge in [0.05, 0.1) is 12.2 Å². The van der Waals surface area contributed by atoms with Gasteiger partial charge in [0.2, 0.25) is 0 Å². The number of ether oxygens (including phenoxy) is 1.